The third-order valence-electron chi connectivity index (χ3n) is 6.48. The van der Waals surface area contributed by atoms with Crippen LogP contribution in [0.25, 0.3) is 0 Å². The third kappa shape index (κ3) is 5.15. The summed E-state index contributed by atoms with van der Waals surface area (Å²) in [4.78, 5) is 2.60. The van der Waals surface area contributed by atoms with E-state index in [0.717, 1.165) is 50.8 Å². The zero-order chi connectivity index (χ0) is 19.2. The number of nitrogens with one attached hydrogen (secondary N) is 1. The van der Waals surface area contributed by atoms with Gasteiger partial charge in [-0.05, 0) is 92.4 Å². The SMILES string of the molecule is Cc1ccccc1CN1CCc2ccc(OCCC3CCNCC3)cc2CC1. The van der Waals surface area contributed by atoms with Crippen molar-refractivity contribution in [2.75, 3.05) is 32.8 Å². The van der Waals surface area contributed by atoms with Gasteiger partial charge < -0.3 is 10.1 Å². The van der Waals surface area contributed by atoms with Crippen molar-refractivity contribution in [1.82, 2.24) is 10.2 Å². The number of nitrogens with zero attached hydrogens (tertiary/aromatic N) is 1. The summed E-state index contributed by atoms with van der Waals surface area (Å²) >= 11 is 0. The van der Waals surface area contributed by atoms with Crippen molar-refractivity contribution in [3.8, 4) is 5.75 Å². The third-order valence-corrected chi connectivity index (χ3v) is 6.48. The first kappa shape index (κ1) is 19.5. The maximum Gasteiger partial charge on any atom is 0.119 e. The van der Waals surface area contributed by atoms with Crippen molar-refractivity contribution >= 4 is 0 Å². The minimum Gasteiger partial charge on any atom is -0.494 e. The van der Waals surface area contributed by atoms with Gasteiger partial charge in [0.1, 0.15) is 5.75 Å². The molecule has 0 spiro atoms. The summed E-state index contributed by atoms with van der Waals surface area (Å²) < 4.78 is 6.12. The van der Waals surface area contributed by atoms with Crippen LogP contribution < -0.4 is 10.1 Å². The van der Waals surface area contributed by atoms with Gasteiger partial charge in [0, 0.05) is 19.6 Å². The molecule has 4 rings (SSSR count). The topological polar surface area (TPSA) is 24.5 Å². The Kier molecular flexibility index (Phi) is 6.66. The summed E-state index contributed by atoms with van der Waals surface area (Å²) in [5.74, 6) is 1.89. The number of hydrogen-bond acceptors (Lipinski definition) is 3. The maximum atomic E-state index is 6.12. The van der Waals surface area contributed by atoms with Crippen LogP contribution in [0.15, 0.2) is 42.5 Å². The fraction of sp³-hybridized carbons (Fsp3) is 0.520. The van der Waals surface area contributed by atoms with Gasteiger partial charge in [-0.2, -0.15) is 0 Å². The molecule has 3 heteroatoms. The lowest BCUT2D eigenvalue weighted by Gasteiger charge is -2.22. The van der Waals surface area contributed by atoms with E-state index in [-0.39, 0.29) is 0 Å². The predicted molar refractivity (Wildman–Crippen MR) is 116 cm³/mol. The van der Waals surface area contributed by atoms with E-state index in [2.05, 4.69) is 59.6 Å². The number of fused-ring (bicyclic) bond motifs is 1. The highest BCUT2D eigenvalue weighted by Crippen LogP contribution is 2.24. The molecule has 0 aromatic heterocycles. The highest BCUT2D eigenvalue weighted by Gasteiger charge is 2.16. The highest BCUT2D eigenvalue weighted by molar-refractivity contribution is 5.37. The Bertz CT molecular complexity index is 767. The summed E-state index contributed by atoms with van der Waals surface area (Å²) in [7, 11) is 0. The zero-order valence-corrected chi connectivity index (χ0v) is 17.3. The van der Waals surface area contributed by atoms with E-state index in [9.17, 15) is 0 Å². The molecule has 1 fully saturated rings. The van der Waals surface area contributed by atoms with Crippen molar-refractivity contribution < 1.29 is 4.74 Å². The van der Waals surface area contributed by atoms with E-state index in [4.69, 9.17) is 4.74 Å². The zero-order valence-electron chi connectivity index (χ0n) is 17.3. The number of aryl methyl sites for hydroxylation is 1. The number of ether oxygens (including phenoxy) is 1. The van der Waals surface area contributed by atoms with Gasteiger partial charge in [-0.25, -0.2) is 0 Å². The van der Waals surface area contributed by atoms with Crippen LogP contribution in [0.2, 0.25) is 0 Å². The smallest absolute Gasteiger partial charge is 0.119 e. The van der Waals surface area contributed by atoms with Gasteiger partial charge in [0.15, 0.2) is 0 Å². The summed E-state index contributed by atoms with van der Waals surface area (Å²) in [6, 6.07) is 15.5. The molecule has 2 aliphatic rings. The maximum absolute atomic E-state index is 6.12. The van der Waals surface area contributed by atoms with Crippen molar-refractivity contribution in [2.24, 2.45) is 5.92 Å². The van der Waals surface area contributed by atoms with Gasteiger partial charge in [0.25, 0.3) is 0 Å². The van der Waals surface area contributed by atoms with Gasteiger partial charge in [-0.15, -0.1) is 0 Å². The average Bonchev–Trinajstić information content (AvgIpc) is 2.93. The van der Waals surface area contributed by atoms with Gasteiger partial charge in [-0.1, -0.05) is 30.3 Å². The lowest BCUT2D eigenvalue weighted by atomic mass is 9.95. The molecule has 28 heavy (non-hydrogen) atoms. The largest absolute Gasteiger partial charge is 0.494 e. The molecule has 0 unspecified atom stereocenters. The molecule has 1 N–H and O–H groups in total. The quantitative estimate of drug-likeness (QED) is 0.808. The molecule has 3 nitrogen and oxygen atoms in total. The lowest BCUT2D eigenvalue weighted by molar-refractivity contribution is 0.251. The second kappa shape index (κ2) is 9.58. The van der Waals surface area contributed by atoms with E-state index in [1.807, 2.05) is 0 Å². The molecule has 150 valence electrons. The Morgan fingerprint density at radius 1 is 1.00 bits per heavy atom. The number of benzene rings is 2. The first-order valence-corrected chi connectivity index (χ1v) is 11.0. The van der Waals surface area contributed by atoms with Gasteiger partial charge in [-0.3, -0.25) is 4.90 Å². The Morgan fingerprint density at radius 3 is 2.61 bits per heavy atom. The van der Waals surface area contributed by atoms with Crippen LogP contribution >= 0.6 is 0 Å². The molecule has 0 radical (unpaired) electrons. The highest BCUT2D eigenvalue weighted by atomic mass is 16.5. The van der Waals surface area contributed by atoms with Crippen LogP contribution in [0.1, 0.15) is 41.5 Å². The summed E-state index contributed by atoms with van der Waals surface area (Å²) in [5, 5.41) is 3.44. The minimum absolute atomic E-state index is 0.831. The monoisotopic (exact) mass is 378 g/mol. The minimum atomic E-state index is 0.831. The van der Waals surface area contributed by atoms with E-state index in [1.165, 1.54) is 54.6 Å². The first-order chi connectivity index (χ1) is 13.8. The Labute approximate surface area is 170 Å². The molecular formula is C25H34N2O. The molecule has 2 aromatic carbocycles. The van der Waals surface area contributed by atoms with E-state index in [1.54, 1.807) is 0 Å². The van der Waals surface area contributed by atoms with Gasteiger partial charge in [0.2, 0.25) is 0 Å². The van der Waals surface area contributed by atoms with E-state index < -0.39 is 0 Å². The molecule has 2 aromatic rings. The normalized spacial score (nSPS) is 18.5. The van der Waals surface area contributed by atoms with Gasteiger partial charge in [0.05, 0.1) is 6.61 Å². The van der Waals surface area contributed by atoms with Crippen LogP contribution in [-0.4, -0.2) is 37.7 Å². The van der Waals surface area contributed by atoms with Crippen LogP contribution in [0, 0.1) is 12.8 Å². The first-order valence-electron chi connectivity index (χ1n) is 11.0. The molecule has 0 aliphatic carbocycles. The second-order valence-corrected chi connectivity index (χ2v) is 8.46. The predicted octanol–water partition coefficient (Wildman–Crippen LogP) is 4.36. The van der Waals surface area contributed by atoms with Crippen molar-refractivity contribution in [1.29, 1.82) is 0 Å². The van der Waals surface area contributed by atoms with Crippen molar-refractivity contribution in [3.63, 3.8) is 0 Å². The van der Waals surface area contributed by atoms with Crippen LogP contribution in [-0.2, 0) is 19.4 Å². The second-order valence-electron chi connectivity index (χ2n) is 8.46. The fourth-order valence-corrected chi connectivity index (χ4v) is 4.54. The summed E-state index contributed by atoms with van der Waals surface area (Å²) in [6.45, 7) is 8.72. The molecule has 0 atom stereocenters. The molecule has 2 heterocycles. The van der Waals surface area contributed by atoms with Gasteiger partial charge >= 0.3 is 0 Å². The Balaban J connectivity index is 1.31. The number of hydrogen-bond donors (Lipinski definition) is 1. The molecule has 1 saturated heterocycles. The fourth-order valence-electron chi connectivity index (χ4n) is 4.54. The molecule has 0 bridgehead atoms. The average molecular weight is 379 g/mol. The summed E-state index contributed by atoms with van der Waals surface area (Å²) in [5.41, 5.74) is 5.83. The van der Waals surface area contributed by atoms with Crippen molar-refractivity contribution in [3.05, 3.63) is 64.7 Å². The van der Waals surface area contributed by atoms with Crippen LogP contribution in [0.3, 0.4) is 0 Å². The number of rotatable bonds is 6. The molecule has 0 saturated carbocycles. The molecule has 2 aliphatic heterocycles. The molecular weight excluding hydrogens is 344 g/mol. The van der Waals surface area contributed by atoms with E-state index >= 15 is 0 Å². The lowest BCUT2D eigenvalue weighted by Crippen LogP contribution is -2.28. The Morgan fingerprint density at radius 2 is 1.79 bits per heavy atom. The standard InChI is InChI=1S/C25H34N2O/c1-20-4-2-3-5-24(20)19-27-15-10-22-6-7-25(18-23(22)11-16-27)28-17-12-21-8-13-26-14-9-21/h2-7,18,21,26H,8-17,19H2,1H3. The van der Waals surface area contributed by atoms with E-state index in [0.29, 0.717) is 0 Å². The van der Waals surface area contributed by atoms with Crippen LogP contribution in [0.4, 0.5) is 0 Å². The molecule has 0 amide bonds. The van der Waals surface area contributed by atoms with Crippen molar-refractivity contribution in [2.45, 2.75) is 45.6 Å². The van der Waals surface area contributed by atoms with Crippen LogP contribution in [0.5, 0.6) is 5.75 Å². The number of piperidine rings is 1. The Hall–Kier alpha value is -1.84. The summed E-state index contributed by atoms with van der Waals surface area (Å²) in [6.07, 6.45) is 6.03.